The highest BCUT2D eigenvalue weighted by Crippen LogP contribution is 2.41. The summed E-state index contributed by atoms with van der Waals surface area (Å²) in [5.41, 5.74) is 3.30. The highest BCUT2D eigenvalue weighted by atomic mass is 32.2. The lowest BCUT2D eigenvalue weighted by Gasteiger charge is -2.16. The van der Waals surface area contributed by atoms with Crippen LogP contribution in [-0.2, 0) is 9.84 Å². The van der Waals surface area contributed by atoms with Crippen LogP contribution in [0.4, 0.5) is 5.69 Å². The number of sulfone groups is 1. The van der Waals surface area contributed by atoms with Gasteiger partial charge in [-0.25, -0.2) is 8.42 Å². The predicted octanol–water partition coefficient (Wildman–Crippen LogP) is 3.09. The second-order valence-corrected chi connectivity index (χ2v) is 8.70. The molecule has 1 fully saturated rings. The lowest BCUT2D eigenvalue weighted by atomic mass is 9.91. The van der Waals surface area contributed by atoms with Crippen LogP contribution in [0.25, 0.3) is 0 Å². The van der Waals surface area contributed by atoms with E-state index in [9.17, 15) is 8.42 Å². The van der Waals surface area contributed by atoms with E-state index in [1.54, 1.807) is 18.2 Å². The molecule has 1 unspecified atom stereocenters. The Morgan fingerprint density at radius 1 is 0.958 bits per heavy atom. The summed E-state index contributed by atoms with van der Waals surface area (Å²) in [7, 11) is -3.47. The molecule has 24 heavy (non-hydrogen) atoms. The lowest BCUT2D eigenvalue weighted by molar-refractivity contribution is 0.576. The molecule has 126 valence electrons. The molecule has 2 heterocycles. The van der Waals surface area contributed by atoms with Gasteiger partial charge in [0.1, 0.15) is 0 Å². The maximum absolute atomic E-state index is 12.9. The van der Waals surface area contributed by atoms with Gasteiger partial charge in [-0.2, -0.15) is 0 Å². The minimum atomic E-state index is -3.47. The molecule has 0 spiro atoms. The van der Waals surface area contributed by atoms with Gasteiger partial charge in [-0.05, 0) is 68.8 Å². The van der Waals surface area contributed by atoms with Crippen LogP contribution in [0.1, 0.15) is 29.9 Å². The van der Waals surface area contributed by atoms with Gasteiger partial charge >= 0.3 is 0 Å². The van der Waals surface area contributed by atoms with Crippen LogP contribution in [0.3, 0.4) is 0 Å². The molecule has 2 aromatic carbocycles. The number of fused-ring (bicyclic) bond motifs is 3. The summed E-state index contributed by atoms with van der Waals surface area (Å²) in [5.74, 6) is 0.392. The van der Waals surface area contributed by atoms with Gasteiger partial charge < -0.3 is 10.6 Å². The van der Waals surface area contributed by atoms with Crippen molar-refractivity contribution in [3.05, 3.63) is 53.6 Å². The molecule has 4 nitrogen and oxygen atoms in total. The van der Waals surface area contributed by atoms with E-state index in [-0.39, 0.29) is 0 Å². The minimum absolute atomic E-state index is 0.359. The van der Waals surface area contributed by atoms with Crippen LogP contribution in [0.2, 0.25) is 0 Å². The van der Waals surface area contributed by atoms with Crippen molar-refractivity contribution >= 4 is 15.5 Å². The zero-order valence-electron chi connectivity index (χ0n) is 13.7. The van der Waals surface area contributed by atoms with Crippen LogP contribution >= 0.6 is 0 Å². The second-order valence-electron chi connectivity index (χ2n) is 6.75. The molecule has 2 aliphatic rings. The van der Waals surface area contributed by atoms with Crippen molar-refractivity contribution in [2.75, 3.05) is 18.4 Å². The van der Waals surface area contributed by atoms with Crippen LogP contribution in [0, 0.1) is 6.92 Å². The van der Waals surface area contributed by atoms with Gasteiger partial charge in [-0.1, -0.05) is 17.7 Å². The normalized spacial score (nSPS) is 23.0. The molecule has 0 radical (unpaired) electrons. The average Bonchev–Trinajstić information content (AvgIpc) is 2.75. The number of hydrogen-bond acceptors (Lipinski definition) is 4. The molecule has 4 rings (SSSR count). The van der Waals surface area contributed by atoms with Crippen molar-refractivity contribution in [1.29, 1.82) is 0 Å². The smallest absolute Gasteiger partial charge is 0.206 e. The molecule has 0 bridgehead atoms. The van der Waals surface area contributed by atoms with Crippen molar-refractivity contribution in [3.63, 3.8) is 0 Å². The highest BCUT2D eigenvalue weighted by Gasteiger charge is 2.33. The molecule has 2 atom stereocenters. The van der Waals surface area contributed by atoms with E-state index in [0.717, 1.165) is 42.7 Å². The Bertz CT molecular complexity index is 859. The third-order valence-electron chi connectivity index (χ3n) is 5.15. The van der Waals surface area contributed by atoms with E-state index in [4.69, 9.17) is 0 Å². The summed E-state index contributed by atoms with van der Waals surface area (Å²) in [5, 5.41) is 6.99. The number of aryl methyl sites for hydroxylation is 1. The maximum atomic E-state index is 12.9. The fourth-order valence-electron chi connectivity index (χ4n) is 3.79. The number of anilines is 1. The molecule has 2 aromatic rings. The summed E-state index contributed by atoms with van der Waals surface area (Å²) in [4.78, 5) is 0.753. The minimum Gasteiger partial charge on any atom is -0.381 e. The van der Waals surface area contributed by atoms with Gasteiger partial charge in [0, 0.05) is 17.6 Å². The van der Waals surface area contributed by atoms with Crippen molar-refractivity contribution in [2.24, 2.45) is 0 Å². The number of hydrogen-bond donors (Lipinski definition) is 2. The topological polar surface area (TPSA) is 58.2 Å². The third-order valence-corrected chi connectivity index (χ3v) is 6.92. The molecular formula is C19H22N2O2S. The Hall–Kier alpha value is -1.85. The summed E-state index contributed by atoms with van der Waals surface area (Å²) in [6.07, 6.45) is 2.11. The van der Waals surface area contributed by atoms with Crippen LogP contribution in [0.15, 0.2) is 52.3 Å². The van der Waals surface area contributed by atoms with E-state index in [1.165, 1.54) is 0 Å². The number of nitrogens with one attached hydrogen (secondary N) is 2. The van der Waals surface area contributed by atoms with E-state index in [0.29, 0.717) is 21.8 Å². The van der Waals surface area contributed by atoms with Crippen molar-refractivity contribution in [3.8, 4) is 0 Å². The monoisotopic (exact) mass is 342 g/mol. The quantitative estimate of drug-likeness (QED) is 0.880. The first-order chi connectivity index (χ1) is 11.6. The third kappa shape index (κ3) is 2.62. The predicted molar refractivity (Wildman–Crippen MR) is 95.3 cm³/mol. The fraction of sp³-hybridized carbons (Fsp3) is 0.368. The standard InChI is InChI=1S/C19H22N2O2S/c1-13-2-4-14(5-3-13)24(22,23)15-6-7-18-17(12-15)16-8-10-20-11-9-19(16)21-18/h2-7,12,16,19-21H,8-11H2,1H3/t16-,19?/m0/s1. The van der Waals surface area contributed by atoms with Gasteiger partial charge in [0.15, 0.2) is 0 Å². The van der Waals surface area contributed by atoms with Crippen molar-refractivity contribution in [2.45, 2.75) is 41.5 Å². The van der Waals surface area contributed by atoms with Gasteiger partial charge in [0.25, 0.3) is 0 Å². The number of rotatable bonds is 2. The van der Waals surface area contributed by atoms with Crippen molar-refractivity contribution < 1.29 is 8.42 Å². The van der Waals surface area contributed by atoms with E-state index in [1.807, 2.05) is 31.2 Å². The number of benzene rings is 2. The maximum Gasteiger partial charge on any atom is 0.206 e. The molecule has 0 saturated carbocycles. The van der Waals surface area contributed by atoms with Gasteiger partial charge in [-0.15, -0.1) is 0 Å². The Morgan fingerprint density at radius 2 is 1.67 bits per heavy atom. The Morgan fingerprint density at radius 3 is 2.46 bits per heavy atom. The summed E-state index contributed by atoms with van der Waals surface area (Å²) < 4.78 is 25.9. The van der Waals surface area contributed by atoms with Gasteiger partial charge in [-0.3, -0.25) is 0 Å². The largest absolute Gasteiger partial charge is 0.381 e. The second kappa shape index (κ2) is 5.90. The lowest BCUT2D eigenvalue weighted by Crippen LogP contribution is -2.21. The first-order valence-electron chi connectivity index (χ1n) is 8.49. The van der Waals surface area contributed by atoms with Gasteiger partial charge in [0.05, 0.1) is 9.79 Å². The van der Waals surface area contributed by atoms with Crippen LogP contribution in [-0.4, -0.2) is 27.5 Å². The molecule has 2 aliphatic heterocycles. The first-order valence-corrected chi connectivity index (χ1v) is 9.97. The molecular weight excluding hydrogens is 320 g/mol. The SMILES string of the molecule is Cc1ccc(S(=O)(=O)c2ccc3c(c2)[C@@H]2CCNCCC2N3)cc1. The fourth-order valence-corrected chi connectivity index (χ4v) is 5.08. The Balaban J connectivity index is 1.73. The molecule has 0 aromatic heterocycles. The Labute approximate surface area is 143 Å². The molecule has 1 saturated heterocycles. The van der Waals surface area contributed by atoms with E-state index < -0.39 is 9.84 Å². The highest BCUT2D eigenvalue weighted by molar-refractivity contribution is 7.91. The molecule has 0 aliphatic carbocycles. The molecule has 5 heteroatoms. The summed E-state index contributed by atoms with van der Waals surface area (Å²) in [6, 6.07) is 13.0. The first kappa shape index (κ1) is 15.7. The average molecular weight is 342 g/mol. The molecule has 0 amide bonds. The van der Waals surface area contributed by atoms with Gasteiger partial charge in [0.2, 0.25) is 9.84 Å². The zero-order valence-corrected chi connectivity index (χ0v) is 14.6. The van der Waals surface area contributed by atoms with E-state index >= 15 is 0 Å². The van der Waals surface area contributed by atoms with Crippen LogP contribution in [0.5, 0.6) is 0 Å². The Kier molecular flexibility index (Phi) is 3.85. The molecule has 2 N–H and O–H groups in total. The summed E-state index contributed by atoms with van der Waals surface area (Å²) in [6.45, 7) is 3.95. The van der Waals surface area contributed by atoms with E-state index in [2.05, 4.69) is 10.6 Å². The van der Waals surface area contributed by atoms with Crippen molar-refractivity contribution in [1.82, 2.24) is 5.32 Å². The van der Waals surface area contributed by atoms with Crippen LogP contribution < -0.4 is 10.6 Å². The summed E-state index contributed by atoms with van der Waals surface area (Å²) >= 11 is 0. The zero-order chi connectivity index (χ0) is 16.7.